The van der Waals surface area contributed by atoms with Gasteiger partial charge in [0, 0.05) is 6.61 Å². The number of aromatic amines is 1. The molecule has 2 radical (unpaired) electrons. The van der Waals surface area contributed by atoms with Crippen molar-refractivity contribution in [3.63, 3.8) is 0 Å². The van der Waals surface area contributed by atoms with Crippen LogP contribution < -0.4 is 0 Å². The summed E-state index contributed by atoms with van der Waals surface area (Å²) in [6, 6.07) is 0. The molecule has 1 unspecified atom stereocenters. The third-order valence-corrected chi connectivity index (χ3v) is 1.66. The SMILES string of the molecule is [C]1OCCCC1c1nnn[nH]1. The summed E-state index contributed by atoms with van der Waals surface area (Å²) in [6.07, 6.45) is 2.05. The number of H-pyrrole nitrogens is 1. The van der Waals surface area contributed by atoms with E-state index in [0.717, 1.165) is 25.3 Å². The van der Waals surface area contributed by atoms with Crippen molar-refractivity contribution < 1.29 is 4.74 Å². The number of hydrogen-bond donors (Lipinski definition) is 1. The molecule has 0 aliphatic carbocycles. The second-order valence-corrected chi connectivity index (χ2v) is 2.45. The van der Waals surface area contributed by atoms with Crippen LogP contribution in [0.3, 0.4) is 0 Å². The maximum Gasteiger partial charge on any atom is 0.154 e. The minimum atomic E-state index is 0.124. The summed E-state index contributed by atoms with van der Waals surface area (Å²) in [4.78, 5) is 0. The zero-order valence-corrected chi connectivity index (χ0v) is 5.95. The lowest BCUT2D eigenvalue weighted by Gasteiger charge is -2.16. The zero-order valence-electron chi connectivity index (χ0n) is 5.95. The first-order valence-electron chi connectivity index (χ1n) is 3.58. The van der Waals surface area contributed by atoms with E-state index in [2.05, 4.69) is 27.2 Å². The second-order valence-electron chi connectivity index (χ2n) is 2.45. The molecule has 1 atom stereocenters. The predicted molar refractivity (Wildman–Crippen MR) is 35.3 cm³/mol. The fourth-order valence-corrected chi connectivity index (χ4v) is 1.08. The summed E-state index contributed by atoms with van der Waals surface area (Å²) in [5.74, 6) is 0.864. The summed E-state index contributed by atoms with van der Waals surface area (Å²) in [5.41, 5.74) is 0. The molecule has 1 aliphatic heterocycles. The van der Waals surface area contributed by atoms with Crippen molar-refractivity contribution in [1.82, 2.24) is 20.6 Å². The van der Waals surface area contributed by atoms with Gasteiger partial charge in [-0.05, 0) is 23.3 Å². The molecule has 5 heteroatoms. The van der Waals surface area contributed by atoms with Gasteiger partial charge in [-0.15, -0.1) is 5.10 Å². The number of hydrogen-bond acceptors (Lipinski definition) is 4. The molecule has 1 saturated heterocycles. The summed E-state index contributed by atoms with van der Waals surface area (Å²) in [6.45, 7) is 3.61. The molecule has 2 rings (SSSR count). The zero-order chi connectivity index (χ0) is 7.52. The monoisotopic (exact) mass is 152 g/mol. The quantitative estimate of drug-likeness (QED) is 0.621. The van der Waals surface area contributed by atoms with Crippen molar-refractivity contribution in [2.75, 3.05) is 6.61 Å². The normalized spacial score (nSPS) is 25.3. The van der Waals surface area contributed by atoms with Crippen molar-refractivity contribution in [3.8, 4) is 0 Å². The Hall–Kier alpha value is -0.970. The van der Waals surface area contributed by atoms with Crippen LogP contribution in [0.5, 0.6) is 0 Å². The number of ether oxygens (including phenoxy) is 1. The minimum absolute atomic E-state index is 0.124. The van der Waals surface area contributed by atoms with Crippen LogP contribution in [0, 0.1) is 6.61 Å². The highest BCUT2D eigenvalue weighted by molar-refractivity contribution is 4.97. The molecular formula is C6H8N4O. The molecule has 58 valence electrons. The van der Waals surface area contributed by atoms with E-state index in [1.165, 1.54) is 0 Å². The van der Waals surface area contributed by atoms with Crippen LogP contribution in [0.2, 0.25) is 0 Å². The van der Waals surface area contributed by atoms with Crippen LogP contribution in [0.15, 0.2) is 0 Å². The average molecular weight is 152 g/mol. The number of nitrogens with zero attached hydrogens (tertiary/aromatic N) is 3. The Bertz CT molecular complexity index is 204. The van der Waals surface area contributed by atoms with Gasteiger partial charge in [-0.2, -0.15) is 0 Å². The van der Waals surface area contributed by atoms with E-state index in [1.54, 1.807) is 0 Å². The van der Waals surface area contributed by atoms with Gasteiger partial charge in [0.25, 0.3) is 0 Å². The highest BCUT2D eigenvalue weighted by atomic mass is 16.5. The van der Waals surface area contributed by atoms with Crippen LogP contribution in [0.25, 0.3) is 0 Å². The van der Waals surface area contributed by atoms with Crippen LogP contribution in [-0.2, 0) is 4.74 Å². The molecule has 0 saturated carbocycles. The van der Waals surface area contributed by atoms with Crippen molar-refractivity contribution >= 4 is 0 Å². The third kappa shape index (κ3) is 1.37. The molecule has 1 aromatic heterocycles. The molecule has 1 fully saturated rings. The minimum Gasteiger partial charge on any atom is -0.368 e. The molecule has 0 spiro atoms. The van der Waals surface area contributed by atoms with Crippen molar-refractivity contribution in [2.45, 2.75) is 18.8 Å². The van der Waals surface area contributed by atoms with E-state index in [1.807, 2.05) is 0 Å². The third-order valence-electron chi connectivity index (χ3n) is 1.66. The second kappa shape index (κ2) is 2.96. The molecule has 1 aliphatic rings. The lowest BCUT2D eigenvalue weighted by atomic mass is 10.0. The topological polar surface area (TPSA) is 63.7 Å². The van der Waals surface area contributed by atoms with E-state index >= 15 is 0 Å². The number of rotatable bonds is 1. The summed E-state index contributed by atoms with van der Waals surface area (Å²) >= 11 is 0. The smallest absolute Gasteiger partial charge is 0.154 e. The first-order chi connectivity index (χ1) is 5.47. The maximum atomic E-state index is 5.04. The fraction of sp³-hybridized carbons (Fsp3) is 0.667. The molecule has 0 bridgehead atoms. The Morgan fingerprint density at radius 3 is 3.27 bits per heavy atom. The Morgan fingerprint density at radius 2 is 2.64 bits per heavy atom. The molecule has 0 aromatic carbocycles. The van der Waals surface area contributed by atoms with Crippen molar-refractivity contribution in [1.29, 1.82) is 0 Å². The summed E-state index contributed by atoms with van der Waals surface area (Å²) < 4.78 is 5.04. The Labute approximate surface area is 64.1 Å². The molecule has 1 N–H and O–H groups in total. The van der Waals surface area contributed by atoms with Gasteiger partial charge in [-0.3, -0.25) is 0 Å². The van der Waals surface area contributed by atoms with Crippen LogP contribution in [0.1, 0.15) is 24.6 Å². The van der Waals surface area contributed by atoms with Crippen molar-refractivity contribution in [2.24, 2.45) is 0 Å². The first-order valence-corrected chi connectivity index (χ1v) is 3.58. The number of tetrazole rings is 1. The Kier molecular flexibility index (Phi) is 1.81. The molecule has 11 heavy (non-hydrogen) atoms. The van der Waals surface area contributed by atoms with E-state index in [9.17, 15) is 0 Å². The van der Waals surface area contributed by atoms with Gasteiger partial charge in [0.1, 0.15) is 6.61 Å². The van der Waals surface area contributed by atoms with Gasteiger partial charge in [0.2, 0.25) is 0 Å². The lowest BCUT2D eigenvalue weighted by Crippen LogP contribution is -2.12. The lowest BCUT2D eigenvalue weighted by molar-refractivity contribution is 0.138. The molecule has 0 amide bonds. The van der Waals surface area contributed by atoms with Gasteiger partial charge in [0.05, 0.1) is 5.92 Å². The van der Waals surface area contributed by atoms with Gasteiger partial charge >= 0.3 is 0 Å². The van der Waals surface area contributed by atoms with E-state index in [0.29, 0.717) is 0 Å². The maximum absolute atomic E-state index is 5.04. The molecule has 2 heterocycles. The standard InChI is InChI=1S/C6H8N4O/c1-2-5(4-11-3-1)6-7-9-10-8-6/h5H,1-3H2,(H,7,8,9,10). The predicted octanol–water partition coefficient (Wildman–Crippen LogP) is 0.132. The molecular weight excluding hydrogens is 144 g/mol. The fourth-order valence-electron chi connectivity index (χ4n) is 1.08. The van der Waals surface area contributed by atoms with Gasteiger partial charge in [-0.25, -0.2) is 5.10 Å². The van der Waals surface area contributed by atoms with E-state index in [4.69, 9.17) is 4.74 Å². The first kappa shape index (κ1) is 6.72. The van der Waals surface area contributed by atoms with Gasteiger partial charge < -0.3 is 4.74 Å². The highest BCUT2D eigenvalue weighted by Crippen LogP contribution is 2.24. The van der Waals surface area contributed by atoms with Crippen LogP contribution >= 0.6 is 0 Å². The van der Waals surface area contributed by atoms with Crippen LogP contribution in [0.4, 0.5) is 0 Å². The van der Waals surface area contributed by atoms with Crippen molar-refractivity contribution in [3.05, 3.63) is 12.4 Å². The van der Waals surface area contributed by atoms with Crippen LogP contribution in [-0.4, -0.2) is 27.2 Å². The van der Waals surface area contributed by atoms with E-state index < -0.39 is 0 Å². The molecule has 5 nitrogen and oxygen atoms in total. The van der Waals surface area contributed by atoms with Gasteiger partial charge in [0.15, 0.2) is 5.82 Å². The summed E-state index contributed by atoms with van der Waals surface area (Å²) in [5, 5.41) is 13.4. The largest absolute Gasteiger partial charge is 0.368 e. The Balaban J connectivity index is 2.04. The Morgan fingerprint density at radius 1 is 1.64 bits per heavy atom. The van der Waals surface area contributed by atoms with Gasteiger partial charge in [-0.1, -0.05) is 0 Å². The average Bonchev–Trinajstić information content (AvgIpc) is 2.58. The summed E-state index contributed by atoms with van der Waals surface area (Å²) in [7, 11) is 0. The number of nitrogens with one attached hydrogen (secondary N) is 1. The highest BCUT2D eigenvalue weighted by Gasteiger charge is 2.20. The number of aromatic nitrogens is 4. The molecule has 1 aromatic rings. The van der Waals surface area contributed by atoms with E-state index in [-0.39, 0.29) is 5.92 Å².